The second kappa shape index (κ2) is 10.7. The van der Waals surface area contributed by atoms with E-state index < -0.39 is 41.0 Å². The van der Waals surface area contributed by atoms with E-state index in [4.69, 9.17) is 11.6 Å². The zero-order valence-corrected chi connectivity index (χ0v) is 22.0. The summed E-state index contributed by atoms with van der Waals surface area (Å²) in [6.45, 7) is 1.75. The van der Waals surface area contributed by atoms with Gasteiger partial charge in [-0.15, -0.1) is 0 Å². The van der Waals surface area contributed by atoms with Gasteiger partial charge < -0.3 is 5.32 Å². The van der Waals surface area contributed by atoms with Crippen LogP contribution in [0.25, 0.3) is 23.2 Å². The molecule has 40 heavy (non-hydrogen) atoms. The van der Waals surface area contributed by atoms with E-state index in [1.54, 1.807) is 18.7 Å². The third-order valence-electron chi connectivity index (χ3n) is 6.63. The van der Waals surface area contributed by atoms with Gasteiger partial charge in [0.05, 0.1) is 21.7 Å². The quantitative estimate of drug-likeness (QED) is 0.238. The number of hydrogen-bond acceptors (Lipinski definition) is 4. The summed E-state index contributed by atoms with van der Waals surface area (Å²) >= 11 is 6.56. The summed E-state index contributed by atoms with van der Waals surface area (Å²) in [7, 11) is 1.71. The fourth-order valence-electron chi connectivity index (χ4n) is 4.74. The van der Waals surface area contributed by atoms with Gasteiger partial charge in [-0.3, -0.25) is 14.3 Å². The van der Waals surface area contributed by atoms with E-state index in [0.717, 1.165) is 24.3 Å². The van der Waals surface area contributed by atoms with E-state index in [0.29, 0.717) is 16.7 Å². The van der Waals surface area contributed by atoms with Crippen molar-refractivity contribution in [2.24, 2.45) is 7.05 Å². The minimum absolute atomic E-state index is 0.0674. The Morgan fingerprint density at radius 2 is 1.52 bits per heavy atom. The number of aryl methyl sites for hydroxylation is 2. The fourth-order valence-corrected chi connectivity index (χ4v) is 5.10. The Hall–Kier alpha value is -4.31. The summed E-state index contributed by atoms with van der Waals surface area (Å²) < 4.78 is 56.1. The number of carbonyl (C=O) groups is 2. The molecule has 1 amide bonds. The summed E-state index contributed by atoms with van der Waals surface area (Å²) in [5, 5.41) is 7.86. The van der Waals surface area contributed by atoms with E-state index in [-0.39, 0.29) is 45.7 Å². The smallest absolute Gasteiger partial charge is 0.254 e. The maximum Gasteiger partial charge on any atom is 0.254 e. The molecule has 6 nitrogen and oxygen atoms in total. The van der Waals surface area contributed by atoms with Crippen molar-refractivity contribution in [1.29, 1.82) is 0 Å². The number of carbonyl (C=O) groups excluding carboxylic acids is 2. The zero-order valence-electron chi connectivity index (χ0n) is 21.2. The molecule has 0 unspecified atom stereocenters. The number of nitrogens with one attached hydrogen (secondary N) is 1. The Morgan fingerprint density at radius 1 is 0.975 bits per heavy atom. The average molecular weight is 569 g/mol. The lowest BCUT2D eigenvalue weighted by molar-refractivity contribution is -0.113. The normalized spacial score (nSPS) is 17.7. The largest absolute Gasteiger partial charge is 0.349 e. The third-order valence-corrected chi connectivity index (χ3v) is 7.02. The third kappa shape index (κ3) is 5.27. The Balaban J connectivity index is 1.50. The first-order valence-electron chi connectivity index (χ1n) is 12.2. The zero-order chi connectivity index (χ0) is 28.7. The second-order valence-electron chi connectivity index (χ2n) is 9.49. The number of aromatic nitrogens is 3. The Morgan fingerprint density at radius 3 is 2.05 bits per heavy atom. The molecule has 2 heterocycles. The van der Waals surface area contributed by atoms with Crippen LogP contribution in [0.5, 0.6) is 0 Å². The highest BCUT2D eigenvalue weighted by Crippen LogP contribution is 2.31. The molecule has 1 saturated carbocycles. The number of ketones is 1. The Bertz CT molecular complexity index is 1690. The van der Waals surface area contributed by atoms with Gasteiger partial charge in [0.25, 0.3) is 5.91 Å². The molecule has 1 fully saturated rings. The lowest BCUT2D eigenvalue weighted by Crippen LogP contribution is -2.39. The number of pyridine rings is 1. The minimum Gasteiger partial charge on any atom is -0.349 e. The number of rotatable bonds is 4. The number of halogens is 5. The highest BCUT2D eigenvalue weighted by Gasteiger charge is 2.30. The maximum atomic E-state index is 13.8. The summed E-state index contributed by atoms with van der Waals surface area (Å²) in [5.41, 5.74) is 2.12. The first-order chi connectivity index (χ1) is 19.0. The molecule has 204 valence electrons. The van der Waals surface area contributed by atoms with E-state index in [1.807, 2.05) is 0 Å². The van der Waals surface area contributed by atoms with Crippen LogP contribution in [-0.4, -0.2) is 32.5 Å². The van der Waals surface area contributed by atoms with Crippen molar-refractivity contribution in [3.8, 4) is 0 Å². The summed E-state index contributed by atoms with van der Waals surface area (Å²) in [6.07, 6.45) is 4.28. The highest BCUT2D eigenvalue weighted by atomic mass is 35.5. The Kier molecular flexibility index (Phi) is 7.29. The van der Waals surface area contributed by atoms with Crippen LogP contribution in [0.4, 0.5) is 17.6 Å². The van der Waals surface area contributed by atoms with Crippen LogP contribution < -0.4 is 5.32 Å². The van der Waals surface area contributed by atoms with Crippen LogP contribution in [-0.2, 0) is 11.8 Å². The fraction of sp³-hybridized carbons (Fsp3) is 0.172. The van der Waals surface area contributed by atoms with Gasteiger partial charge in [0.15, 0.2) is 34.7 Å². The lowest BCUT2D eigenvalue weighted by atomic mass is 9.83. The summed E-state index contributed by atoms with van der Waals surface area (Å²) in [4.78, 5) is 31.0. The van der Waals surface area contributed by atoms with E-state index in [2.05, 4.69) is 15.4 Å². The molecular formula is C29H21ClF4N4O2. The van der Waals surface area contributed by atoms with Crippen molar-refractivity contribution in [3.05, 3.63) is 104 Å². The molecule has 5 rings (SSSR count). The van der Waals surface area contributed by atoms with Gasteiger partial charge in [0.2, 0.25) is 0 Å². The van der Waals surface area contributed by atoms with Gasteiger partial charge in [-0.05, 0) is 67.3 Å². The molecule has 1 aliphatic rings. The predicted molar refractivity (Wildman–Crippen MR) is 142 cm³/mol. The molecule has 2 aromatic heterocycles. The van der Waals surface area contributed by atoms with Crippen LogP contribution in [0.3, 0.4) is 0 Å². The summed E-state index contributed by atoms with van der Waals surface area (Å²) in [5.74, 6) is -5.19. The van der Waals surface area contributed by atoms with Crippen molar-refractivity contribution in [2.45, 2.75) is 25.8 Å². The van der Waals surface area contributed by atoms with Crippen molar-refractivity contribution < 1.29 is 27.2 Å². The molecule has 2 aromatic carbocycles. The van der Waals surface area contributed by atoms with Crippen LogP contribution in [0.15, 0.2) is 53.7 Å². The molecule has 0 spiro atoms. The summed E-state index contributed by atoms with van der Waals surface area (Å²) in [6, 6.07) is 5.80. The number of hydrogen-bond donors (Lipinski definition) is 1. The molecule has 1 aliphatic carbocycles. The second-order valence-corrected chi connectivity index (χ2v) is 9.87. The van der Waals surface area contributed by atoms with E-state index >= 15 is 0 Å². The molecule has 0 saturated heterocycles. The van der Waals surface area contributed by atoms with Crippen molar-refractivity contribution >= 4 is 46.5 Å². The minimum atomic E-state index is -1.08. The monoisotopic (exact) mass is 568 g/mol. The lowest BCUT2D eigenvalue weighted by Gasteiger charge is -2.27. The maximum absolute atomic E-state index is 13.8. The topological polar surface area (TPSA) is 76.9 Å². The number of amides is 1. The Labute approximate surface area is 231 Å². The first-order valence-corrected chi connectivity index (χ1v) is 12.5. The molecule has 0 radical (unpaired) electrons. The van der Waals surface area contributed by atoms with Crippen LogP contribution >= 0.6 is 11.6 Å². The van der Waals surface area contributed by atoms with Crippen molar-refractivity contribution in [3.63, 3.8) is 0 Å². The van der Waals surface area contributed by atoms with Crippen molar-refractivity contribution in [1.82, 2.24) is 20.1 Å². The number of nitrogens with zero attached hydrogens (tertiary/aromatic N) is 3. The van der Waals surface area contributed by atoms with Gasteiger partial charge >= 0.3 is 0 Å². The first kappa shape index (κ1) is 27.3. The molecule has 0 bridgehead atoms. The predicted octanol–water partition coefficient (Wildman–Crippen LogP) is 6.12. The molecule has 11 heteroatoms. The van der Waals surface area contributed by atoms with Gasteiger partial charge in [-0.1, -0.05) is 23.7 Å². The van der Waals surface area contributed by atoms with Crippen LogP contribution in [0.2, 0.25) is 5.02 Å². The molecular weight excluding hydrogens is 548 g/mol. The SMILES string of the molecule is Cc1nn(C)c2ncc(C(=O)NC3C/C(=C\c4ccc(F)c(F)c4)C(=O)/C(=C/c4ccc(F)c(F)c4)C3)c(Cl)c12. The van der Waals surface area contributed by atoms with Gasteiger partial charge in [-0.2, -0.15) is 5.10 Å². The van der Waals surface area contributed by atoms with Gasteiger partial charge in [0.1, 0.15) is 0 Å². The highest BCUT2D eigenvalue weighted by molar-refractivity contribution is 6.38. The van der Waals surface area contributed by atoms with E-state index in [1.165, 1.54) is 30.5 Å². The number of fused-ring (bicyclic) bond motifs is 1. The number of Topliss-reactive ketones (excluding diaryl/α,β-unsaturated/α-hetero) is 1. The van der Waals surface area contributed by atoms with Gasteiger partial charge in [0, 0.05) is 30.4 Å². The van der Waals surface area contributed by atoms with E-state index in [9.17, 15) is 27.2 Å². The van der Waals surface area contributed by atoms with Gasteiger partial charge in [-0.25, -0.2) is 22.5 Å². The molecule has 4 aromatic rings. The van der Waals surface area contributed by atoms with Crippen molar-refractivity contribution in [2.75, 3.05) is 0 Å². The number of benzene rings is 2. The average Bonchev–Trinajstić information content (AvgIpc) is 3.20. The standard InChI is InChI=1S/C29H21ClF4N4O2/c1-14-25-26(30)20(13-35-28(25)38(2)37-14)29(40)36-19-11-17(7-15-3-5-21(31)23(33)9-15)27(39)18(12-19)8-16-4-6-22(32)24(34)10-16/h3-10,13,19H,11-12H2,1-2H3,(H,36,40)/b17-7+,18-8+. The van der Waals surface area contributed by atoms with Crippen LogP contribution in [0, 0.1) is 30.2 Å². The molecule has 1 N–H and O–H groups in total. The molecule has 0 aliphatic heterocycles. The van der Waals surface area contributed by atoms with Crippen LogP contribution in [0.1, 0.15) is 40.0 Å². The molecule has 0 atom stereocenters.